The van der Waals surface area contributed by atoms with E-state index in [9.17, 15) is 21.6 Å². The first-order valence-electron chi connectivity index (χ1n) is 6.25. The Morgan fingerprint density at radius 2 is 2.14 bits per heavy atom. The molecule has 0 aromatic carbocycles. The van der Waals surface area contributed by atoms with Crippen molar-refractivity contribution in [2.75, 3.05) is 18.5 Å². The van der Waals surface area contributed by atoms with Crippen LogP contribution in [0.2, 0.25) is 0 Å². The highest BCUT2D eigenvalue weighted by atomic mass is 32.2. The molecule has 10 heteroatoms. The van der Waals surface area contributed by atoms with Crippen LogP contribution in [0.3, 0.4) is 0 Å². The zero-order valence-corrected chi connectivity index (χ0v) is 11.8. The molecule has 3 N–H and O–H groups in total. The summed E-state index contributed by atoms with van der Waals surface area (Å²) in [5.74, 6) is 3.57. The molecule has 0 bridgehead atoms. The Morgan fingerprint density at radius 3 is 2.76 bits per heavy atom. The van der Waals surface area contributed by atoms with Gasteiger partial charge in [0.05, 0.1) is 11.6 Å². The summed E-state index contributed by atoms with van der Waals surface area (Å²) >= 11 is 0. The lowest BCUT2D eigenvalue weighted by molar-refractivity contribution is -0.182. The molecule has 0 radical (unpaired) electrons. The lowest BCUT2D eigenvalue weighted by atomic mass is 9.99. The van der Waals surface area contributed by atoms with E-state index >= 15 is 0 Å². The summed E-state index contributed by atoms with van der Waals surface area (Å²) in [7, 11) is -4.12. The zero-order valence-electron chi connectivity index (χ0n) is 11.0. The normalized spacial score (nSPS) is 21.2. The van der Waals surface area contributed by atoms with Gasteiger partial charge in [-0.15, -0.1) is 0 Å². The van der Waals surface area contributed by atoms with Crippen LogP contribution in [0.5, 0.6) is 0 Å². The Morgan fingerprint density at radius 1 is 1.43 bits per heavy atom. The van der Waals surface area contributed by atoms with Crippen molar-refractivity contribution in [1.29, 1.82) is 0 Å². The molecule has 1 saturated heterocycles. The Kier molecular flexibility index (Phi) is 4.40. The largest absolute Gasteiger partial charge is 0.393 e. The summed E-state index contributed by atoms with van der Waals surface area (Å²) in [6.45, 7) is -0.554. The van der Waals surface area contributed by atoms with E-state index in [0.29, 0.717) is 0 Å². The molecule has 1 atom stereocenters. The minimum absolute atomic E-state index is 0.0372. The maximum Gasteiger partial charge on any atom is 0.393 e. The standard InChI is InChI=1S/C11H15F3N4O2S/c12-11(13,14)8-3-2-6-18(7-8)21(19,20)10-9(17-15)4-1-5-16-10/h1,4-5,8,17H,2-3,6-7,15H2. The third kappa shape index (κ3) is 3.27. The number of alkyl halides is 3. The number of nitrogen functional groups attached to an aromatic ring is 1. The molecular weight excluding hydrogens is 309 g/mol. The molecule has 1 unspecified atom stereocenters. The van der Waals surface area contributed by atoms with Gasteiger partial charge >= 0.3 is 6.18 Å². The van der Waals surface area contributed by atoms with Crippen LogP contribution in [0.15, 0.2) is 23.4 Å². The lowest BCUT2D eigenvalue weighted by Gasteiger charge is -2.32. The monoisotopic (exact) mass is 324 g/mol. The molecule has 0 aliphatic carbocycles. The van der Waals surface area contributed by atoms with Gasteiger partial charge in [0.1, 0.15) is 0 Å². The second-order valence-corrected chi connectivity index (χ2v) is 6.60. The van der Waals surface area contributed by atoms with Crippen molar-refractivity contribution in [3.63, 3.8) is 0 Å². The Balaban J connectivity index is 2.31. The molecule has 6 nitrogen and oxygen atoms in total. The lowest BCUT2D eigenvalue weighted by Crippen LogP contribution is -2.44. The number of piperidine rings is 1. The fourth-order valence-electron chi connectivity index (χ4n) is 2.26. The first-order valence-corrected chi connectivity index (χ1v) is 7.69. The maximum atomic E-state index is 12.8. The Hall–Kier alpha value is -1.39. The van der Waals surface area contributed by atoms with Crippen LogP contribution in [-0.2, 0) is 10.0 Å². The highest BCUT2D eigenvalue weighted by molar-refractivity contribution is 7.89. The number of rotatable bonds is 3. The fourth-order valence-corrected chi connectivity index (χ4v) is 3.85. The van der Waals surface area contributed by atoms with Gasteiger partial charge in [0.25, 0.3) is 10.0 Å². The maximum absolute atomic E-state index is 12.8. The number of nitrogens with zero attached hydrogens (tertiary/aromatic N) is 2. The van der Waals surface area contributed by atoms with Gasteiger partial charge < -0.3 is 5.43 Å². The number of nitrogens with one attached hydrogen (secondary N) is 1. The van der Waals surface area contributed by atoms with Crippen LogP contribution >= 0.6 is 0 Å². The van der Waals surface area contributed by atoms with Gasteiger partial charge in [0.15, 0.2) is 5.03 Å². The second kappa shape index (κ2) is 5.78. The zero-order chi connectivity index (χ0) is 15.7. The number of aromatic nitrogens is 1. The third-order valence-electron chi connectivity index (χ3n) is 3.36. The first kappa shape index (κ1) is 16.0. The van der Waals surface area contributed by atoms with Crippen molar-refractivity contribution in [2.45, 2.75) is 24.0 Å². The van der Waals surface area contributed by atoms with Gasteiger partial charge in [0, 0.05) is 19.3 Å². The molecule has 1 aromatic rings. The van der Waals surface area contributed by atoms with Gasteiger partial charge in [-0.2, -0.15) is 17.5 Å². The van der Waals surface area contributed by atoms with Crippen molar-refractivity contribution < 1.29 is 21.6 Å². The van der Waals surface area contributed by atoms with Gasteiger partial charge in [0.2, 0.25) is 0 Å². The molecule has 1 fully saturated rings. The van der Waals surface area contributed by atoms with Gasteiger partial charge in [-0.1, -0.05) is 0 Å². The highest BCUT2D eigenvalue weighted by Gasteiger charge is 2.44. The third-order valence-corrected chi connectivity index (χ3v) is 5.18. The number of nitrogens with two attached hydrogens (primary N) is 1. The Labute approximate surface area is 120 Å². The number of hydrogen-bond acceptors (Lipinski definition) is 5. The smallest absolute Gasteiger partial charge is 0.321 e. The van der Waals surface area contributed by atoms with Crippen molar-refractivity contribution in [3.8, 4) is 0 Å². The van der Waals surface area contributed by atoms with Crippen molar-refractivity contribution in [1.82, 2.24) is 9.29 Å². The molecule has 118 valence electrons. The average Bonchev–Trinajstić information content (AvgIpc) is 2.46. The number of sulfonamides is 1. The molecule has 0 amide bonds. The fraction of sp³-hybridized carbons (Fsp3) is 0.545. The van der Waals surface area contributed by atoms with Gasteiger partial charge in [-0.25, -0.2) is 13.4 Å². The minimum atomic E-state index is -4.41. The molecule has 0 spiro atoms. The first-order chi connectivity index (χ1) is 9.76. The molecule has 2 rings (SSSR count). The van der Waals surface area contributed by atoms with E-state index in [2.05, 4.69) is 10.4 Å². The number of halogens is 3. The van der Waals surface area contributed by atoms with E-state index in [1.54, 1.807) is 0 Å². The van der Waals surface area contributed by atoms with E-state index < -0.39 is 28.7 Å². The van der Waals surface area contributed by atoms with E-state index in [-0.39, 0.29) is 30.1 Å². The van der Waals surface area contributed by atoms with Crippen LogP contribution in [-0.4, -0.2) is 37.0 Å². The van der Waals surface area contributed by atoms with E-state index in [4.69, 9.17) is 5.84 Å². The van der Waals surface area contributed by atoms with Crippen LogP contribution in [0.1, 0.15) is 12.8 Å². The summed E-state index contributed by atoms with van der Waals surface area (Å²) in [6.07, 6.45) is -3.08. The number of hydrazine groups is 1. The van der Waals surface area contributed by atoms with Crippen LogP contribution in [0.4, 0.5) is 18.9 Å². The molecule has 21 heavy (non-hydrogen) atoms. The molecule has 1 aromatic heterocycles. The molecular formula is C11H15F3N4O2S. The summed E-state index contributed by atoms with van der Waals surface area (Å²) in [5.41, 5.74) is 2.24. The van der Waals surface area contributed by atoms with Gasteiger partial charge in [-0.05, 0) is 25.0 Å². The van der Waals surface area contributed by atoms with Crippen molar-refractivity contribution in [3.05, 3.63) is 18.3 Å². The minimum Gasteiger partial charge on any atom is -0.321 e. The van der Waals surface area contributed by atoms with E-state index in [1.165, 1.54) is 18.3 Å². The Bertz CT molecular complexity index is 606. The summed E-state index contributed by atoms with van der Waals surface area (Å²) < 4.78 is 64.0. The van der Waals surface area contributed by atoms with Crippen molar-refractivity contribution >= 4 is 15.7 Å². The molecule has 1 aliphatic heterocycles. The topological polar surface area (TPSA) is 88.3 Å². The number of hydrogen-bond donors (Lipinski definition) is 2. The molecule has 2 heterocycles. The number of anilines is 1. The average molecular weight is 324 g/mol. The molecule has 0 saturated carbocycles. The highest BCUT2D eigenvalue weighted by Crippen LogP contribution is 2.35. The summed E-state index contributed by atoms with van der Waals surface area (Å²) in [4.78, 5) is 3.73. The molecule has 1 aliphatic rings. The van der Waals surface area contributed by atoms with Crippen molar-refractivity contribution in [2.24, 2.45) is 11.8 Å². The summed E-state index contributed by atoms with van der Waals surface area (Å²) in [6, 6.07) is 2.87. The predicted molar refractivity (Wildman–Crippen MR) is 69.6 cm³/mol. The van der Waals surface area contributed by atoms with E-state index in [0.717, 1.165) is 4.31 Å². The SMILES string of the molecule is NNc1cccnc1S(=O)(=O)N1CCCC(C(F)(F)F)C1. The summed E-state index contributed by atoms with van der Waals surface area (Å²) in [5, 5.41) is -0.365. The van der Waals surface area contributed by atoms with E-state index in [1.807, 2.05) is 0 Å². The predicted octanol–water partition coefficient (Wildman–Crippen LogP) is 1.33. The van der Waals surface area contributed by atoms with Gasteiger partial charge in [-0.3, -0.25) is 5.84 Å². The second-order valence-electron chi connectivity index (χ2n) is 4.74. The van der Waals surface area contributed by atoms with Crippen LogP contribution < -0.4 is 11.3 Å². The quantitative estimate of drug-likeness (QED) is 0.647. The van der Waals surface area contributed by atoms with Crippen LogP contribution in [0.25, 0.3) is 0 Å². The number of pyridine rings is 1. The van der Waals surface area contributed by atoms with Crippen LogP contribution in [0, 0.1) is 5.92 Å².